The smallest absolute Gasteiger partial charge is 0.240 e. The van der Waals surface area contributed by atoms with Crippen LogP contribution in [0.15, 0.2) is 0 Å². The summed E-state index contributed by atoms with van der Waals surface area (Å²) >= 11 is 0. The molecule has 2 N–H and O–H groups in total. The van der Waals surface area contributed by atoms with Crippen LogP contribution in [-0.4, -0.2) is 73.0 Å². The molecule has 3 atom stereocenters. The number of hydrogen-bond acceptors (Lipinski definition) is 4. The van der Waals surface area contributed by atoms with Crippen molar-refractivity contribution >= 4 is 11.8 Å². The van der Waals surface area contributed by atoms with Gasteiger partial charge in [-0.15, -0.1) is 0 Å². The summed E-state index contributed by atoms with van der Waals surface area (Å²) in [5.41, 5.74) is 0. The number of nitrogens with zero attached hydrogens (tertiary/aromatic N) is 2. The lowest BCUT2D eigenvalue weighted by Crippen LogP contribution is -2.55. The van der Waals surface area contributed by atoms with Crippen LogP contribution in [0.1, 0.15) is 58.8 Å². The molecule has 3 aliphatic heterocycles. The van der Waals surface area contributed by atoms with E-state index in [4.69, 9.17) is 0 Å². The predicted octanol–water partition coefficient (Wildman–Crippen LogP) is 1.60. The van der Waals surface area contributed by atoms with Crippen LogP contribution in [0.3, 0.4) is 0 Å². The zero-order valence-electron chi connectivity index (χ0n) is 17.2. The van der Waals surface area contributed by atoms with Gasteiger partial charge in [0.05, 0.1) is 12.1 Å². The van der Waals surface area contributed by atoms with E-state index in [2.05, 4.69) is 34.3 Å². The Labute approximate surface area is 164 Å². The topological polar surface area (TPSA) is 64.7 Å². The van der Waals surface area contributed by atoms with E-state index in [1.165, 1.54) is 19.3 Å². The lowest BCUT2D eigenvalue weighted by atomic mass is 9.94. The van der Waals surface area contributed by atoms with Gasteiger partial charge in [0.2, 0.25) is 11.8 Å². The maximum Gasteiger partial charge on any atom is 0.240 e. The van der Waals surface area contributed by atoms with Gasteiger partial charge in [-0.05, 0) is 70.0 Å². The molecule has 3 heterocycles. The minimum atomic E-state index is -0.0178. The fourth-order valence-corrected chi connectivity index (χ4v) is 4.95. The first-order chi connectivity index (χ1) is 13.1. The molecule has 0 aromatic heterocycles. The standard InChI is InChI=1S/C21H38N4O2/c1-16(2)19(24-11-4-3-5-12-24)21(27)25-13-7-8-17(15-25)14-23-20(26)18-9-6-10-22-18/h16-19,22H,3-15H2,1-2H3,(H,23,26). The van der Waals surface area contributed by atoms with Gasteiger partial charge < -0.3 is 15.5 Å². The fourth-order valence-electron chi connectivity index (χ4n) is 4.95. The summed E-state index contributed by atoms with van der Waals surface area (Å²) in [6, 6.07) is -0.00271. The first-order valence-corrected chi connectivity index (χ1v) is 11.1. The van der Waals surface area contributed by atoms with E-state index in [9.17, 15) is 9.59 Å². The number of piperidine rings is 2. The molecule has 3 saturated heterocycles. The van der Waals surface area contributed by atoms with Gasteiger partial charge in [0.25, 0.3) is 0 Å². The van der Waals surface area contributed by atoms with Crippen molar-refractivity contribution in [3.8, 4) is 0 Å². The summed E-state index contributed by atoms with van der Waals surface area (Å²) in [7, 11) is 0. The minimum absolute atomic E-state index is 0.0151. The molecule has 3 aliphatic rings. The highest BCUT2D eigenvalue weighted by molar-refractivity contribution is 5.83. The van der Waals surface area contributed by atoms with Crippen LogP contribution in [-0.2, 0) is 9.59 Å². The van der Waals surface area contributed by atoms with Crippen LogP contribution >= 0.6 is 0 Å². The van der Waals surface area contributed by atoms with Crippen LogP contribution in [0.25, 0.3) is 0 Å². The highest BCUT2D eigenvalue weighted by atomic mass is 16.2. The second-order valence-electron chi connectivity index (χ2n) is 8.97. The normalized spacial score (nSPS) is 28.3. The molecule has 0 bridgehead atoms. The highest BCUT2D eigenvalue weighted by Gasteiger charge is 2.35. The molecule has 6 nitrogen and oxygen atoms in total. The Hall–Kier alpha value is -1.14. The summed E-state index contributed by atoms with van der Waals surface area (Å²) in [6.45, 7) is 9.74. The third kappa shape index (κ3) is 5.44. The molecule has 0 saturated carbocycles. The summed E-state index contributed by atoms with van der Waals surface area (Å²) < 4.78 is 0. The Balaban J connectivity index is 1.52. The van der Waals surface area contributed by atoms with Crippen molar-refractivity contribution < 1.29 is 9.59 Å². The van der Waals surface area contributed by atoms with Gasteiger partial charge in [0.1, 0.15) is 0 Å². The van der Waals surface area contributed by atoms with Crippen molar-refractivity contribution in [2.45, 2.75) is 70.9 Å². The first-order valence-electron chi connectivity index (χ1n) is 11.1. The molecule has 0 radical (unpaired) electrons. The molecule has 3 fully saturated rings. The maximum absolute atomic E-state index is 13.3. The highest BCUT2D eigenvalue weighted by Crippen LogP contribution is 2.23. The molecule has 154 valence electrons. The van der Waals surface area contributed by atoms with E-state index in [0.717, 1.165) is 58.4 Å². The third-order valence-corrected chi connectivity index (χ3v) is 6.44. The SMILES string of the molecule is CC(C)C(C(=O)N1CCCC(CNC(=O)C2CCCN2)C1)N1CCCCC1. The number of hydrogen-bond donors (Lipinski definition) is 2. The van der Waals surface area contributed by atoms with E-state index >= 15 is 0 Å². The van der Waals surface area contributed by atoms with Crippen LogP contribution in [0.4, 0.5) is 0 Å². The average Bonchev–Trinajstić information content (AvgIpc) is 3.22. The van der Waals surface area contributed by atoms with Crippen LogP contribution in [0.2, 0.25) is 0 Å². The fraction of sp³-hybridized carbons (Fsp3) is 0.905. The van der Waals surface area contributed by atoms with Crippen LogP contribution in [0.5, 0.6) is 0 Å². The zero-order chi connectivity index (χ0) is 19.2. The average molecular weight is 379 g/mol. The number of carbonyl (C=O) groups is 2. The molecule has 0 aliphatic carbocycles. The minimum Gasteiger partial charge on any atom is -0.354 e. The molecule has 3 rings (SSSR count). The van der Waals surface area contributed by atoms with Gasteiger partial charge in [0, 0.05) is 19.6 Å². The van der Waals surface area contributed by atoms with Crippen molar-refractivity contribution in [3.05, 3.63) is 0 Å². The quantitative estimate of drug-likeness (QED) is 0.737. The number of nitrogens with one attached hydrogen (secondary N) is 2. The molecule has 0 aromatic carbocycles. The number of likely N-dealkylation sites (tertiary alicyclic amines) is 2. The third-order valence-electron chi connectivity index (χ3n) is 6.44. The number of rotatable bonds is 6. The lowest BCUT2D eigenvalue weighted by Gasteiger charge is -2.41. The van der Waals surface area contributed by atoms with Gasteiger partial charge in [-0.25, -0.2) is 0 Å². The van der Waals surface area contributed by atoms with Gasteiger partial charge in [-0.2, -0.15) is 0 Å². The Kier molecular flexibility index (Phi) is 7.53. The second-order valence-corrected chi connectivity index (χ2v) is 8.97. The second kappa shape index (κ2) is 9.87. The molecule has 2 amide bonds. The molecule has 6 heteroatoms. The van der Waals surface area contributed by atoms with Gasteiger partial charge >= 0.3 is 0 Å². The maximum atomic E-state index is 13.3. The van der Waals surface area contributed by atoms with Gasteiger partial charge in [-0.1, -0.05) is 20.3 Å². The van der Waals surface area contributed by atoms with Crippen molar-refractivity contribution in [2.24, 2.45) is 11.8 Å². The molecular formula is C21H38N4O2. The molecule has 0 spiro atoms. The van der Waals surface area contributed by atoms with E-state index in [-0.39, 0.29) is 18.0 Å². The van der Waals surface area contributed by atoms with E-state index in [1.54, 1.807) is 0 Å². The zero-order valence-corrected chi connectivity index (χ0v) is 17.2. The first kappa shape index (κ1) is 20.6. The summed E-state index contributed by atoms with van der Waals surface area (Å²) in [5.74, 6) is 1.15. The number of amides is 2. The molecule has 27 heavy (non-hydrogen) atoms. The Morgan fingerprint density at radius 3 is 2.48 bits per heavy atom. The molecule has 0 aromatic rings. The summed E-state index contributed by atoms with van der Waals surface area (Å²) in [6.07, 6.45) is 7.86. The molecule has 3 unspecified atom stereocenters. The Morgan fingerprint density at radius 1 is 1.04 bits per heavy atom. The van der Waals surface area contributed by atoms with Crippen molar-refractivity contribution in [3.63, 3.8) is 0 Å². The largest absolute Gasteiger partial charge is 0.354 e. The van der Waals surface area contributed by atoms with Gasteiger partial charge in [0.15, 0.2) is 0 Å². The summed E-state index contributed by atoms with van der Waals surface area (Å²) in [5, 5.41) is 6.37. The number of carbonyl (C=O) groups excluding carboxylic acids is 2. The monoisotopic (exact) mass is 378 g/mol. The van der Waals surface area contributed by atoms with E-state index in [1.807, 2.05) is 0 Å². The lowest BCUT2D eigenvalue weighted by molar-refractivity contribution is -0.141. The molecular weight excluding hydrogens is 340 g/mol. The van der Waals surface area contributed by atoms with Crippen molar-refractivity contribution in [1.82, 2.24) is 20.4 Å². The van der Waals surface area contributed by atoms with Crippen molar-refractivity contribution in [1.29, 1.82) is 0 Å². The van der Waals surface area contributed by atoms with Crippen LogP contribution < -0.4 is 10.6 Å². The van der Waals surface area contributed by atoms with E-state index in [0.29, 0.717) is 24.3 Å². The van der Waals surface area contributed by atoms with E-state index < -0.39 is 0 Å². The predicted molar refractivity (Wildman–Crippen MR) is 107 cm³/mol. The van der Waals surface area contributed by atoms with Crippen molar-refractivity contribution in [2.75, 3.05) is 39.3 Å². The van der Waals surface area contributed by atoms with Crippen LogP contribution in [0, 0.1) is 11.8 Å². The Morgan fingerprint density at radius 2 is 1.81 bits per heavy atom. The summed E-state index contributed by atoms with van der Waals surface area (Å²) in [4.78, 5) is 30.1. The van der Waals surface area contributed by atoms with Gasteiger partial charge in [-0.3, -0.25) is 14.5 Å². The Bertz CT molecular complexity index is 498.